The molecule has 44 heavy (non-hydrogen) atoms. The molecule has 0 aliphatic carbocycles. The number of amides is 1. The SMILES string of the molecule is CCCCOc1cccc(C2C(=C(O)c3c(C)nc4ccccn34)C(=O)C(=O)N2c2nnc(SCc3ccccc3Cl)s2)c1. The summed E-state index contributed by atoms with van der Waals surface area (Å²) < 4.78 is 8.26. The second-order valence-corrected chi connectivity index (χ2v) is 12.7. The van der Waals surface area contributed by atoms with E-state index in [4.69, 9.17) is 16.3 Å². The Morgan fingerprint density at radius 1 is 1.09 bits per heavy atom. The van der Waals surface area contributed by atoms with Crippen molar-refractivity contribution < 1.29 is 19.4 Å². The predicted octanol–water partition coefficient (Wildman–Crippen LogP) is 7.25. The van der Waals surface area contributed by atoms with Crippen LogP contribution in [0.15, 0.2) is 82.8 Å². The highest BCUT2D eigenvalue weighted by molar-refractivity contribution is 8.00. The molecule has 1 aliphatic rings. The first-order valence-corrected chi connectivity index (χ1v) is 16.2. The fourth-order valence-corrected chi connectivity index (χ4v) is 7.25. The van der Waals surface area contributed by atoms with E-state index in [2.05, 4.69) is 22.1 Å². The van der Waals surface area contributed by atoms with Crippen LogP contribution in [0.1, 0.15) is 48.3 Å². The first-order chi connectivity index (χ1) is 21.4. The Balaban J connectivity index is 1.44. The van der Waals surface area contributed by atoms with Crippen LogP contribution in [0.5, 0.6) is 5.75 Å². The molecule has 1 aliphatic heterocycles. The molecule has 5 aromatic rings. The summed E-state index contributed by atoms with van der Waals surface area (Å²) in [5.74, 6) is -0.793. The van der Waals surface area contributed by atoms with Gasteiger partial charge in [-0.3, -0.25) is 18.9 Å². The van der Waals surface area contributed by atoms with Crippen molar-refractivity contribution in [3.63, 3.8) is 0 Å². The van der Waals surface area contributed by atoms with E-state index in [1.165, 1.54) is 28.0 Å². The third-order valence-corrected chi connectivity index (χ3v) is 9.70. The van der Waals surface area contributed by atoms with Gasteiger partial charge in [-0.05, 0) is 54.8 Å². The van der Waals surface area contributed by atoms with Gasteiger partial charge in [-0.25, -0.2) is 4.98 Å². The maximum absolute atomic E-state index is 13.8. The number of aromatic nitrogens is 4. The summed E-state index contributed by atoms with van der Waals surface area (Å²) >= 11 is 8.96. The highest BCUT2D eigenvalue weighted by atomic mass is 35.5. The van der Waals surface area contributed by atoms with Gasteiger partial charge in [0.05, 0.1) is 23.9 Å². The van der Waals surface area contributed by atoms with Crippen molar-refractivity contribution in [2.45, 2.75) is 42.8 Å². The number of aliphatic hydroxyl groups excluding tert-OH is 1. The summed E-state index contributed by atoms with van der Waals surface area (Å²) in [7, 11) is 0. The van der Waals surface area contributed by atoms with Crippen LogP contribution < -0.4 is 9.64 Å². The molecule has 1 unspecified atom stereocenters. The number of fused-ring (bicyclic) bond motifs is 1. The number of ether oxygens (including phenoxy) is 1. The number of ketones is 1. The maximum atomic E-state index is 13.8. The van der Waals surface area contributed by atoms with Crippen LogP contribution in [0.4, 0.5) is 5.13 Å². The van der Waals surface area contributed by atoms with Crippen molar-refractivity contribution in [2.24, 2.45) is 0 Å². The molecule has 4 heterocycles. The van der Waals surface area contributed by atoms with E-state index >= 15 is 0 Å². The molecule has 1 atom stereocenters. The van der Waals surface area contributed by atoms with E-state index in [1.807, 2.05) is 36.4 Å². The molecule has 0 saturated carbocycles. The second-order valence-electron chi connectivity index (χ2n) is 10.1. The van der Waals surface area contributed by atoms with E-state index < -0.39 is 17.7 Å². The molecule has 1 fully saturated rings. The molecule has 1 saturated heterocycles. The standard InChI is InChI=1S/C32H28ClN5O4S2/c1-3-4-16-42-22-12-9-11-20(17-22)27-25(28(39)26-19(2)34-24-14-7-8-15-37(24)26)29(40)30(41)38(27)31-35-36-32(44-31)43-18-21-10-5-6-13-23(21)33/h5-15,17,27,39H,3-4,16,18H2,1-2H3. The minimum atomic E-state index is -0.979. The zero-order valence-corrected chi connectivity index (χ0v) is 26.3. The molecule has 1 N–H and O–H groups in total. The molecule has 1 amide bonds. The summed E-state index contributed by atoms with van der Waals surface area (Å²) in [6, 6.07) is 19.3. The van der Waals surface area contributed by atoms with Crippen molar-refractivity contribution in [3.8, 4) is 5.75 Å². The van der Waals surface area contributed by atoms with Crippen LogP contribution in [0.25, 0.3) is 11.4 Å². The molecule has 0 radical (unpaired) electrons. The van der Waals surface area contributed by atoms with Gasteiger partial charge in [0.1, 0.15) is 17.1 Å². The third kappa shape index (κ3) is 5.70. The van der Waals surface area contributed by atoms with Gasteiger partial charge < -0.3 is 9.84 Å². The molecular formula is C32H28ClN5O4S2. The van der Waals surface area contributed by atoms with E-state index in [0.717, 1.165) is 18.4 Å². The summed E-state index contributed by atoms with van der Waals surface area (Å²) in [4.78, 5) is 33.4. The lowest BCUT2D eigenvalue weighted by Crippen LogP contribution is -2.29. The molecule has 12 heteroatoms. The Morgan fingerprint density at radius 3 is 2.73 bits per heavy atom. The number of benzene rings is 2. The van der Waals surface area contributed by atoms with Crippen LogP contribution in [0, 0.1) is 6.92 Å². The number of aryl methyl sites for hydroxylation is 1. The summed E-state index contributed by atoms with van der Waals surface area (Å²) in [6.45, 7) is 4.37. The van der Waals surface area contributed by atoms with Crippen molar-refractivity contribution in [1.82, 2.24) is 19.6 Å². The highest BCUT2D eigenvalue weighted by Crippen LogP contribution is 2.45. The number of hydrogen-bond donors (Lipinski definition) is 1. The summed E-state index contributed by atoms with van der Waals surface area (Å²) in [5.41, 5.74) is 2.94. The molecule has 6 rings (SSSR count). The topological polar surface area (TPSA) is 110 Å². The number of thioether (sulfide) groups is 1. The maximum Gasteiger partial charge on any atom is 0.301 e. The largest absolute Gasteiger partial charge is 0.505 e. The quantitative estimate of drug-likeness (QED) is 0.0423. The Bertz CT molecular complexity index is 1900. The van der Waals surface area contributed by atoms with E-state index in [9.17, 15) is 14.7 Å². The first kappa shape index (κ1) is 29.9. The van der Waals surface area contributed by atoms with Gasteiger partial charge in [0.15, 0.2) is 10.1 Å². The Hall–Kier alpha value is -4.19. The number of nitrogens with zero attached hydrogens (tertiary/aromatic N) is 5. The Labute approximate surface area is 267 Å². The van der Waals surface area contributed by atoms with Gasteiger partial charge >= 0.3 is 5.91 Å². The number of carbonyl (C=O) groups is 2. The average Bonchev–Trinajstić information content (AvgIpc) is 3.70. The smallest absolute Gasteiger partial charge is 0.301 e. The monoisotopic (exact) mass is 645 g/mol. The number of Topliss-reactive ketones (excluding diaryl/α,β-unsaturated/α-hetero) is 1. The highest BCUT2D eigenvalue weighted by Gasteiger charge is 2.49. The van der Waals surface area contributed by atoms with Crippen LogP contribution in [-0.4, -0.2) is 43.0 Å². The summed E-state index contributed by atoms with van der Waals surface area (Å²) in [6.07, 6.45) is 3.62. The van der Waals surface area contributed by atoms with Gasteiger partial charge in [0.2, 0.25) is 5.13 Å². The van der Waals surface area contributed by atoms with E-state index in [1.54, 1.807) is 47.9 Å². The number of aliphatic hydroxyl groups is 1. The zero-order chi connectivity index (χ0) is 30.8. The fourth-order valence-electron chi connectivity index (χ4n) is 5.09. The van der Waals surface area contributed by atoms with Crippen molar-refractivity contribution in [1.29, 1.82) is 0 Å². The number of unbranched alkanes of at least 4 members (excludes halogenated alkanes) is 1. The minimum absolute atomic E-state index is 0.0602. The third-order valence-electron chi connectivity index (χ3n) is 7.22. The number of anilines is 1. The normalized spacial score (nSPS) is 16.2. The molecule has 9 nitrogen and oxygen atoms in total. The summed E-state index contributed by atoms with van der Waals surface area (Å²) in [5, 5.41) is 21.3. The number of hydrogen-bond acceptors (Lipinski definition) is 9. The van der Waals surface area contributed by atoms with Gasteiger partial charge in [0.25, 0.3) is 5.78 Å². The van der Waals surface area contributed by atoms with Crippen molar-refractivity contribution >= 4 is 62.9 Å². The molecule has 0 bridgehead atoms. The van der Waals surface area contributed by atoms with Gasteiger partial charge in [-0.2, -0.15) is 0 Å². The van der Waals surface area contributed by atoms with Crippen LogP contribution in [0.3, 0.4) is 0 Å². The number of rotatable bonds is 10. The Kier molecular flexibility index (Phi) is 8.69. The van der Waals surface area contributed by atoms with Crippen molar-refractivity contribution in [3.05, 3.63) is 106 Å². The number of pyridine rings is 1. The lowest BCUT2D eigenvalue weighted by atomic mass is 9.96. The molecular weight excluding hydrogens is 618 g/mol. The zero-order valence-electron chi connectivity index (χ0n) is 23.9. The minimum Gasteiger partial charge on any atom is -0.505 e. The average molecular weight is 646 g/mol. The lowest BCUT2D eigenvalue weighted by Gasteiger charge is -2.23. The molecule has 0 spiro atoms. The fraction of sp³-hybridized carbons (Fsp3) is 0.219. The molecule has 224 valence electrons. The lowest BCUT2D eigenvalue weighted by molar-refractivity contribution is -0.132. The van der Waals surface area contributed by atoms with Crippen LogP contribution >= 0.6 is 34.7 Å². The van der Waals surface area contributed by atoms with Crippen molar-refractivity contribution in [2.75, 3.05) is 11.5 Å². The number of imidazole rings is 1. The van der Waals surface area contributed by atoms with Gasteiger partial charge in [-0.1, -0.05) is 84.4 Å². The predicted molar refractivity (Wildman–Crippen MR) is 172 cm³/mol. The van der Waals surface area contributed by atoms with Gasteiger partial charge in [0, 0.05) is 17.0 Å². The van der Waals surface area contributed by atoms with Crippen LogP contribution in [0.2, 0.25) is 5.02 Å². The van der Waals surface area contributed by atoms with Crippen LogP contribution in [-0.2, 0) is 15.3 Å². The Morgan fingerprint density at radius 2 is 1.91 bits per heavy atom. The number of halogens is 1. The first-order valence-electron chi connectivity index (χ1n) is 14.0. The van der Waals surface area contributed by atoms with E-state index in [-0.39, 0.29) is 16.5 Å². The number of carbonyl (C=O) groups excluding carboxylic acids is 2. The van der Waals surface area contributed by atoms with E-state index in [0.29, 0.717) is 50.1 Å². The molecule has 3 aromatic heterocycles. The second kappa shape index (κ2) is 12.8. The molecule has 2 aromatic carbocycles. The van der Waals surface area contributed by atoms with Gasteiger partial charge in [-0.15, -0.1) is 10.2 Å².